The molecular weight excluding hydrogens is 176 g/mol. The molecule has 3 atom stereocenters. The van der Waals surface area contributed by atoms with Crippen molar-refractivity contribution in [2.75, 3.05) is 13.2 Å². The van der Waals surface area contributed by atoms with Gasteiger partial charge in [-0.15, -0.1) is 0 Å². The fourth-order valence-corrected chi connectivity index (χ4v) is 3.59. The van der Waals surface area contributed by atoms with Crippen LogP contribution >= 0.6 is 0 Å². The van der Waals surface area contributed by atoms with Gasteiger partial charge in [0.05, 0.1) is 13.2 Å². The van der Waals surface area contributed by atoms with Gasteiger partial charge in [-0.2, -0.15) is 0 Å². The van der Waals surface area contributed by atoms with E-state index in [2.05, 4.69) is 19.1 Å². The third kappa shape index (κ3) is 0.934. The summed E-state index contributed by atoms with van der Waals surface area (Å²) in [6.07, 6.45) is 8.33. The van der Waals surface area contributed by atoms with E-state index >= 15 is 0 Å². The molecule has 1 heterocycles. The number of allylic oxidation sites excluding steroid dienone is 2. The van der Waals surface area contributed by atoms with Crippen LogP contribution in [0.15, 0.2) is 12.2 Å². The largest absolute Gasteiger partial charge is 0.347 e. The Morgan fingerprint density at radius 2 is 2.14 bits per heavy atom. The number of rotatable bonds is 1. The molecule has 0 aromatic carbocycles. The number of hydrogen-bond acceptors (Lipinski definition) is 2. The van der Waals surface area contributed by atoms with Gasteiger partial charge in [-0.05, 0) is 25.2 Å². The number of ether oxygens (including phenoxy) is 2. The van der Waals surface area contributed by atoms with Crippen molar-refractivity contribution in [2.45, 2.75) is 32.0 Å². The summed E-state index contributed by atoms with van der Waals surface area (Å²) in [6.45, 7) is 3.84. The Balaban J connectivity index is 1.88. The maximum Gasteiger partial charge on any atom is 0.175 e. The second kappa shape index (κ2) is 3.07. The molecule has 14 heavy (non-hydrogen) atoms. The summed E-state index contributed by atoms with van der Waals surface area (Å²) >= 11 is 0. The minimum Gasteiger partial charge on any atom is -0.347 e. The lowest BCUT2D eigenvalue weighted by molar-refractivity contribution is -0.313. The molecule has 0 bridgehead atoms. The first-order valence-corrected chi connectivity index (χ1v) is 5.83. The molecule has 3 aliphatic rings. The van der Waals surface area contributed by atoms with Gasteiger partial charge in [0.1, 0.15) is 0 Å². The zero-order chi connectivity index (χ0) is 9.60. The van der Waals surface area contributed by atoms with Gasteiger partial charge in [0.2, 0.25) is 0 Å². The van der Waals surface area contributed by atoms with Crippen LogP contribution in [0.4, 0.5) is 0 Å². The molecule has 78 valence electrons. The minimum absolute atomic E-state index is 0.176. The lowest BCUT2D eigenvalue weighted by Gasteiger charge is -2.58. The molecule has 0 amide bonds. The zero-order valence-electron chi connectivity index (χ0n) is 8.74. The number of hydrogen-bond donors (Lipinski definition) is 0. The second-order valence-electron chi connectivity index (χ2n) is 4.62. The lowest BCUT2D eigenvalue weighted by atomic mass is 9.55. The van der Waals surface area contributed by atoms with E-state index in [1.165, 1.54) is 19.3 Å². The zero-order valence-corrected chi connectivity index (χ0v) is 8.74. The van der Waals surface area contributed by atoms with E-state index in [1.54, 1.807) is 0 Å². The van der Waals surface area contributed by atoms with Gasteiger partial charge in [-0.25, -0.2) is 0 Å². The van der Waals surface area contributed by atoms with Gasteiger partial charge in [-0.3, -0.25) is 0 Å². The highest BCUT2D eigenvalue weighted by atomic mass is 16.7. The summed E-state index contributed by atoms with van der Waals surface area (Å²) in [5.41, 5.74) is 0. The Hall–Kier alpha value is -0.340. The average Bonchev–Trinajstić information content (AvgIpc) is 2.69. The van der Waals surface area contributed by atoms with Crippen molar-refractivity contribution in [3.63, 3.8) is 0 Å². The van der Waals surface area contributed by atoms with Crippen LogP contribution in [-0.4, -0.2) is 19.0 Å². The molecule has 3 unspecified atom stereocenters. The van der Waals surface area contributed by atoms with Gasteiger partial charge in [0.25, 0.3) is 0 Å². The van der Waals surface area contributed by atoms with Crippen LogP contribution in [-0.2, 0) is 9.47 Å². The molecule has 1 saturated carbocycles. The summed E-state index contributed by atoms with van der Waals surface area (Å²) in [7, 11) is 0. The first-order chi connectivity index (χ1) is 6.88. The third-order valence-corrected chi connectivity index (χ3v) is 4.14. The van der Waals surface area contributed by atoms with Gasteiger partial charge < -0.3 is 9.47 Å². The molecule has 2 nitrogen and oxygen atoms in total. The van der Waals surface area contributed by atoms with Crippen molar-refractivity contribution >= 4 is 0 Å². The standard InChI is InChI=1S/C12H18O2/c1-2-10-9-5-3-4-6-11(9)12(10)13-7-8-14-12/h3,5,9-11H,2,4,6-8H2,1H3. The maximum atomic E-state index is 5.89. The van der Waals surface area contributed by atoms with Crippen molar-refractivity contribution in [2.24, 2.45) is 17.8 Å². The van der Waals surface area contributed by atoms with Gasteiger partial charge in [0.15, 0.2) is 5.79 Å². The van der Waals surface area contributed by atoms with Crippen molar-refractivity contribution in [1.82, 2.24) is 0 Å². The van der Waals surface area contributed by atoms with Crippen LogP contribution in [0.3, 0.4) is 0 Å². The summed E-state index contributed by atoms with van der Waals surface area (Å²) in [4.78, 5) is 0. The molecule has 1 spiro atoms. The molecule has 2 heteroatoms. The summed E-state index contributed by atoms with van der Waals surface area (Å²) < 4.78 is 11.8. The molecule has 1 aliphatic heterocycles. The SMILES string of the molecule is CCC1C2C=CCCC2C12OCCO2. The van der Waals surface area contributed by atoms with Crippen LogP contribution in [0.25, 0.3) is 0 Å². The fourth-order valence-electron chi connectivity index (χ4n) is 3.59. The highest BCUT2D eigenvalue weighted by Gasteiger charge is 2.63. The third-order valence-electron chi connectivity index (χ3n) is 4.14. The van der Waals surface area contributed by atoms with E-state index < -0.39 is 0 Å². The van der Waals surface area contributed by atoms with Crippen molar-refractivity contribution < 1.29 is 9.47 Å². The Labute approximate surface area is 85.3 Å². The molecular formula is C12H18O2. The predicted molar refractivity (Wildman–Crippen MR) is 53.8 cm³/mol. The fraction of sp³-hybridized carbons (Fsp3) is 0.833. The minimum atomic E-state index is -0.176. The van der Waals surface area contributed by atoms with Crippen LogP contribution < -0.4 is 0 Å². The Bertz CT molecular complexity index is 253. The first kappa shape index (κ1) is 8.93. The molecule has 2 aliphatic carbocycles. The van der Waals surface area contributed by atoms with E-state index in [0.29, 0.717) is 11.8 Å². The van der Waals surface area contributed by atoms with Crippen molar-refractivity contribution in [3.05, 3.63) is 12.2 Å². The van der Waals surface area contributed by atoms with Gasteiger partial charge in [-0.1, -0.05) is 19.1 Å². The Kier molecular flexibility index (Phi) is 1.96. The van der Waals surface area contributed by atoms with Gasteiger partial charge >= 0.3 is 0 Å². The smallest absolute Gasteiger partial charge is 0.175 e. The molecule has 1 saturated heterocycles. The summed E-state index contributed by atoms with van der Waals surface area (Å²) in [5.74, 6) is 1.79. The van der Waals surface area contributed by atoms with Crippen LogP contribution in [0, 0.1) is 17.8 Å². The highest BCUT2D eigenvalue weighted by Crippen LogP contribution is 2.59. The van der Waals surface area contributed by atoms with E-state index in [4.69, 9.17) is 9.47 Å². The summed E-state index contributed by atoms with van der Waals surface area (Å²) in [6, 6.07) is 0. The average molecular weight is 194 g/mol. The molecule has 0 aromatic heterocycles. The van der Waals surface area contributed by atoms with Crippen LogP contribution in [0.1, 0.15) is 26.2 Å². The first-order valence-electron chi connectivity index (χ1n) is 5.83. The van der Waals surface area contributed by atoms with Gasteiger partial charge in [0, 0.05) is 11.8 Å². The number of fused-ring (bicyclic) bond motifs is 2. The second-order valence-corrected chi connectivity index (χ2v) is 4.62. The Morgan fingerprint density at radius 3 is 2.86 bits per heavy atom. The maximum absolute atomic E-state index is 5.89. The van der Waals surface area contributed by atoms with Crippen LogP contribution in [0.5, 0.6) is 0 Å². The van der Waals surface area contributed by atoms with Crippen LogP contribution in [0.2, 0.25) is 0 Å². The normalized spacial score (nSPS) is 43.6. The highest BCUT2D eigenvalue weighted by molar-refractivity contribution is 5.15. The van der Waals surface area contributed by atoms with Crippen molar-refractivity contribution in [3.8, 4) is 0 Å². The quantitative estimate of drug-likeness (QED) is 0.596. The summed E-state index contributed by atoms with van der Waals surface area (Å²) in [5, 5.41) is 0. The molecule has 0 radical (unpaired) electrons. The molecule has 2 fully saturated rings. The van der Waals surface area contributed by atoms with E-state index in [0.717, 1.165) is 19.1 Å². The molecule has 3 rings (SSSR count). The predicted octanol–water partition coefficient (Wildman–Crippen LogP) is 2.35. The van der Waals surface area contributed by atoms with E-state index in [1.807, 2.05) is 0 Å². The van der Waals surface area contributed by atoms with E-state index in [-0.39, 0.29) is 5.79 Å². The molecule has 0 N–H and O–H groups in total. The molecule has 0 aromatic rings. The topological polar surface area (TPSA) is 18.5 Å². The van der Waals surface area contributed by atoms with Crippen molar-refractivity contribution in [1.29, 1.82) is 0 Å². The lowest BCUT2D eigenvalue weighted by Crippen LogP contribution is -2.63. The monoisotopic (exact) mass is 194 g/mol. The van der Waals surface area contributed by atoms with E-state index in [9.17, 15) is 0 Å². The Morgan fingerprint density at radius 1 is 1.36 bits per heavy atom.